The lowest BCUT2D eigenvalue weighted by molar-refractivity contribution is 0.490. The Morgan fingerprint density at radius 1 is 0.544 bits per heavy atom. The number of benzene rings is 7. The Morgan fingerprint density at radius 2 is 1.26 bits per heavy atom. The molecule has 1 aliphatic heterocycles. The molecule has 7 aromatic carbocycles. The fourth-order valence-corrected chi connectivity index (χ4v) is 15.9. The maximum Gasteiger partial charge on any atom is 0.184 e. The van der Waals surface area contributed by atoms with Crippen LogP contribution in [0.15, 0.2) is 195 Å². The van der Waals surface area contributed by atoms with Gasteiger partial charge in [-0.2, -0.15) is 0 Å². The van der Waals surface area contributed by atoms with E-state index in [2.05, 4.69) is 179 Å². The van der Waals surface area contributed by atoms with E-state index in [4.69, 9.17) is 14.7 Å². The molecular weight excluding hydrogens is 733 g/mol. The quantitative estimate of drug-likeness (QED) is 0.129. The van der Waals surface area contributed by atoms with E-state index >= 15 is 0 Å². The molecule has 0 unspecified atom stereocenters. The molecule has 1 aliphatic rings. The predicted molar refractivity (Wildman–Crippen MR) is 239 cm³/mol. The van der Waals surface area contributed by atoms with Crippen LogP contribution in [-0.4, -0.2) is 22.4 Å². The number of hydrogen-bond donors (Lipinski definition) is 0. The van der Waals surface area contributed by atoms with Crippen molar-refractivity contribution in [3.8, 4) is 11.5 Å². The molecule has 4 aromatic heterocycles. The summed E-state index contributed by atoms with van der Waals surface area (Å²) >= 11 is 1.81. The summed E-state index contributed by atoms with van der Waals surface area (Å²) in [6.45, 7) is 0. The summed E-state index contributed by atoms with van der Waals surface area (Å²) in [5.74, 6) is 2.43. The Labute approximate surface area is 333 Å². The molecule has 0 amide bonds. The van der Waals surface area contributed by atoms with Crippen LogP contribution in [0.3, 0.4) is 0 Å². The van der Waals surface area contributed by atoms with E-state index < -0.39 is 8.07 Å². The lowest BCUT2D eigenvalue weighted by atomic mass is 10.1. The molecule has 0 saturated carbocycles. The normalized spacial score (nSPS) is 13.4. The van der Waals surface area contributed by atoms with Gasteiger partial charge in [-0.05, 0) is 74.7 Å². The van der Waals surface area contributed by atoms with Crippen molar-refractivity contribution >= 4 is 105 Å². The van der Waals surface area contributed by atoms with Crippen LogP contribution in [0.5, 0.6) is 11.5 Å². The third-order valence-electron chi connectivity index (χ3n) is 11.6. The second kappa shape index (κ2) is 12.5. The number of para-hydroxylation sites is 2. The third kappa shape index (κ3) is 4.61. The predicted octanol–water partition coefficient (Wildman–Crippen LogP) is 10.4. The highest BCUT2D eigenvalue weighted by Crippen LogP contribution is 2.48. The summed E-state index contributed by atoms with van der Waals surface area (Å²) in [6.07, 6.45) is 5.80. The molecule has 0 saturated heterocycles. The summed E-state index contributed by atoms with van der Waals surface area (Å²) in [5, 5.41) is 11.2. The first-order chi connectivity index (χ1) is 28.3. The summed E-state index contributed by atoms with van der Waals surface area (Å²) in [7, 11) is -3.03. The standard InChI is InChI=1S/C50H32N4OSSi/c1-3-15-34(16-4-1)57(35-17-5-2-6-18-35)45-24-12-10-22-41(45)54(46-25-13-14-28-51-46)42-32-43(48-47(49(42)57)38-20-8-11-23-44(38)56-48)55-33-26-27-36-37-19-7-9-21-40(37)53-30-29-52-50(53)39(36)31-33/h1-32H. The first kappa shape index (κ1) is 32.2. The Morgan fingerprint density at radius 3 is 2.07 bits per heavy atom. The molecule has 0 atom stereocenters. The zero-order valence-electron chi connectivity index (χ0n) is 30.6. The first-order valence-electron chi connectivity index (χ1n) is 19.1. The highest BCUT2D eigenvalue weighted by molar-refractivity contribution is 7.28. The van der Waals surface area contributed by atoms with E-state index in [-0.39, 0.29) is 0 Å². The van der Waals surface area contributed by atoms with Crippen LogP contribution < -0.4 is 30.4 Å². The van der Waals surface area contributed by atoms with Crippen molar-refractivity contribution in [2.24, 2.45) is 0 Å². The molecular formula is C50H32N4OSSi. The Bertz CT molecular complexity index is 3310. The fourth-order valence-electron chi connectivity index (χ4n) is 9.36. The number of fused-ring (bicyclic) bond motifs is 12. The minimum absolute atomic E-state index is 0.761. The van der Waals surface area contributed by atoms with Crippen molar-refractivity contribution in [1.82, 2.24) is 14.4 Å². The molecule has 5 nitrogen and oxygen atoms in total. The lowest BCUT2D eigenvalue weighted by Crippen LogP contribution is -2.77. The fraction of sp³-hybridized carbons (Fsp3) is 0. The topological polar surface area (TPSA) is 42.7 Å². The molecule has 0 aliphatic carbocycles. The van der Waals surface area contributed by atoms with Crippen LogP contribution in [0.2, 0.25) is 0 Å². The van der Waals surface area contributed by atoms with Crippen LogP contribution in [0.4, 0.5) is 17.2 Å². The van der Waals surface area contributed by atoms with Crippen LogP contribution in [0.25, 0.3) is 47.5 Å². The van der Waals surface area contributed by atoms with Crippen molar-refractivity contribution in [2.75, 3.05) is 4.90 Å². The summed E-state index contributed by atoms with van der Waals surface area (Å²) < 4.78 is 11.7. The summed E-state index contributed by atoms with van der Waals surface area (Å²) in [5.41, 5.74) is 4.26. The third-order valence-corrected chi connectivity index (χ3v) is 17.7. The first-order valence-corrected chi connectivity index (χ1v) is 22.0. The maximum atomic E-state index is 7.23. The van der Waals surface area contributed by atoms with E-state index in [1.807, 2.05) is 24.7 Å². The SMILES string of the molecule is c1ccc([Si]2(c3ccccc3)c3ccccc3N(c3ccccn3)c3cc(Oc4ccc5c6ccccc6n6ccnc6c5c4)c4sc5ccccc5c4c32)cc1. The van der Waals surface area contributed by atoms with E-state index in [0.29, 0.717) is 0 Å². The number of imidazole rings is 1. The molecule has 12 rings (SSSR count). The van der Waals surface area contributed by atoms with Crippen molar-refractivity contribution in [3.05, 3.63) is 195 Å². The summed E-state index contributed by atoms with van der Waals surface area (Å²) in [4.78, 5) is 12.2. The minimum atomic E-state index is -3.03. The monoisotopic (exact) mass is 764 g/mol. The van der Waals surface area contributed by atoms with Crippen molar-refractivity contribution in [3.63, 3.8) is 0 Å². The van der Waals surface area contributed by atoms with Crippen molar-refractivity contribution in [1.29, 1.82) is 0 Å². The summed E-state index contributed by atoms with van der Waals surface area (Å²) in [6, 6.07) is 63.6. The lowest BCUT2D eigenvalue weighted by Gasteiger charge is -2.45. The van der Waals surface area contributed by atoms with Gasteiger partial charge in [0, 0.05) is 56.6 Å². The number of pyridine rings is 2. The van der Waals surface area contributed by atoms with Gasteiger partial charge < -0.3 is 4.74 Å². The molecule has 5 heterocycles. The number of nitrogens with zero attached hydrogens (tertiary/aromatic N) is 4. The molecule has 0 spiro atoms. The van der Waals surface area contributed by atoms with Gasteiger partial charge in [0.15, 0.2) is 8.07 Å². The van der Waals surface area contributed by atoms with Gasteiger partial charge in [-0.3, -0.25) is 9.30 Å². The van der Waals surface area contributed by atoms with E-state index in [0.717, 1.165) is 55.3 Å². The van der Waals surface area contributed by atoms with E-state index in [1.165, 1.54) is 41.6 Å². The molecule has 11 aromatic rings. The average molecular weight is 765 g/mol. The van der Waals surface area contributed by atoms with E-state index in [9.17, 15) is 0 Å². The zero-order valence-corrected chi connectivity index (χ0v) is 32.4. The molecule has 57 heavy (non-hydrogen) atoms. The van der Waals surface area contributed by atoms with Crippen molar-refractivity contribution < 1.29 is 4.74 Å². The van der Waals surface area contributed by atoms with Gasteiger partial charge in [-0.1, -0.05) is 121 Å². The number of ether oxygens (including phenoxy) is 1. The minimum Gasteiger partial charge on any atom is -0.456 e. The van der Waals surface area contributed by atoms with Gasteiger partial charge >= 0.3 is 0 Å². The van der Waals surface area contributed by atoms with Crippen LogP contribution in [0.1, 0.15) is 0 Å². The van der Waals surface area contributed by atoms with Crippen LogP contribution >= 0.6 is 11.3 Å². The number of rotatable bonds is 5. The maximum absolute atomic E-state index is 7.23. The Balaban J connectivity index is 1.21. The molecule has 0 bridgehead atoms. The van der Waals surface area contributed by atoms with Gasteiger partial charge in [0.25, 0.3) is 0 Å². The molecule has 0 fully saturated rings. The molecule has 268 valence electrons. The van der Waals surface area contributed by atoms with Gasteiger partial charge in [-0.25, -0.2) is 9.97 Å². The van der Waals surface area contributed by atoms with Gasteiger partial charge in [0.2, 0.25) is 0 Å². The highest BCUT2D eigenvalue weighted by atomic mass is 32.1. The van der Waals surface area contributed by atoms with Gasteiger partial charge in [0.1, 0.15) is 23.0 Å². The van der Waals surface area contributed by atoms with Crippen LogP contribution in [0, 0.1) is 0 Å². The smallest absolute Gasteiger partial charge is 0.184 e. The highest BCUT2D eigenvalue weighted by Gasteiger charge is 2.51. The largest absolute Gasteiger partial charge is 0.456 e. The van der Waals surface area contributed by atoms with Crippen LogP contribution in [-0.2, 0) is 0 Å². The van der Waals surface area contributed by atoms with Gasteiger partial charge in [-0.15, -0.1) is 11.3 Å². The van der Waals surface area contributed by atoms with Crippen molar-refractivity contribution in [2.45, 2.75) is 0 Å². The second-order valence-corrected chi connectivity index (χ2v) is 19.3. The number of aromatic nitrogens is 3. The molecule has 0 radical (unpaired) electrons. The Kier molecular flexibility index (Phi) is 7.05. The Hall–Kier alpha value is -7.06. The van der Waals surface area contributed by atoms with Gasteiger partial charge in [0.05, 0.1) is 15.9 Å². The number of thiophene rings is 1. The average Bonchev–Trinajstić information content (AvgIpc) is 3.94. The number of anilines is 3. The number of hydrogen-bond acceptors (Lipinski definition) is 5. The zero-order chi connectivity index (χ0) is 37.5. The molecule has 0 N–H and O–H groups in total. The second-order valence-electron chi connectivity index (χ2n) is 14.5. The molecule has 7 heteroatoms. The van der Waals surface area contributed by atoms with E-state index in [1.54, 1.807) is 11.3 Å².